The highest BCUT2D eigenvalue weighted by Crippen LogP contribution is 2.38. The van der Waals surface area contributed by atoms with Crippen LogP contribution in [0, 0.1) is 5.92 Å². The number of fused-ring (bicyclic) bond motifs is 1. The van der Waals surface area contributed by atoms with Gasteiger partial charge in [-0.1, -0.05) is 18.2 Å². The summed E-state index contributed by atoms with van der Waals surface area (Å²) >= 11 is 0. The minimum Gasteiger partial charge on any atom is -0.490 e. The van der Waals surface area contributed by atoms with Crippen LogP contribution in [-0.4, -0.2) is 35.6 Å². The van der Waals surface area contributed by atoms with Crippen molar-refractivity contribution in [3.8, 4) is 5.75 Å². The number of nitrogens with one attached hydrogen (secondary N) is 1. The Hall–Kier alpha value is -2.48. The van der Waals surface area contributed by atoms with Crippen LogP contribution in [0.4, 0.5) is 18.0 Å². The number of carbonyl (C=O) groups is 1. The van der Waals surface area contributed by atoms with E-state index in [1.165, 1.54) is 0 Å². The van der Waals surface area contributed by atoms with Gasteiger partial charge in [-0.2, -0.15) is 13.2 Å². The van der Waals surface area contributed by atoms with E-state index in [4.69, 9.17) is 9.47 Å². The highest BCUT2D eigenvalue weighted by molar-refractivity contribution is 5.84. The first-order valence-electron chi connectivity index (χ1n) is 11.2. The molecule has 1 atom stereocenters. The summed E-state index contributed by atoms with van der Waals surface area (Å²) in [5, 5.41) is 15.2. The van der Waals surface area contributed by atoms with Gasteiger partial charge in [0.15, 0.2) is 0 Å². The van der Waals surface area contributed by atoms with Crippen molar-refractivity contribution < 1.29 is 32.5 Å². The molecule has 2 aromatic carbocycles. The summed E-state index contributed by atoms with van der Waals surface area (Å²) in [6, 6.07) is 11.0. The maximum atomic E-state index is 12.9. The molecule has 1 aliphatic rings. The highest BCUT2D eigenvalue weighted by atomic mass is 19.4. The molecule has 0 saturated heterocycles. The van der Waals surface area contributed by atoms with Gasteiger partial charge in [-0.15, -0.1) is 0 Å². The summed E-state index contributed by atoms with van der Waals surface area (Å²) in [5.74, 6) is -0.617. The Morgan fingerprint density at radius 3 is 2.21 bits per heavy atom. The number of hydrogen-bond acceptors (Lipinski definition) is 4. The number of aliphatic hydroxyl groups is 1. The Bertz CT molecular complexity index is 974. The average Bonchev–Trinajstić information content (AvgIpc) is 2.70. The zero-order chi connectivity index (χ0) is 24.4. The molecular weight excluding hydrogens is 435 g/mol. The molecule has 182 valence electrons. The van der Waals surface area contributed by atoms with Crippen LogP contribution in [0.25, 0.3) is 10.8 Å². The molecule has 2 N–H and O–H groups in total. The summed E-state index contributed by atoms with van der Waals surface area (Å²) in [5.41, 5.74) is -1.31. The lowest BCUT2D eigenvalue weighted by atomic mass is 9.87. The van der Waals surface area contributed by atoms with Crippen molar-refractivity contribution in [2.75, 3.05) is 6.54 Å². The minimum absolute atomic E-state index is 0.0186. The van der Waals surface area contributed by atoms with Crippen LogP contribution in [0.15, 0.2) is 36.4 Å². The Balaban J connectivity index is 1.63. The average molecular weight is 468 g/mol. The number of alkyl halides is 3. The van der Waals surface area contributed by atoms with E-state index in [-0.39, 0.29) is 25.5 Å². The number of alkyl carbamates (subject to hydrolysis) is 1. The van der Waals surface area contributed by atoms with Crippen LogP contribution >= 0.6 is 0 Å². The standard InChI is InChI=1S/C25H32F3NO4/c1-23(2,3)33-22(30)29-15-24(4,31)19-7-5-17-14-21(10-6-16(17)13-19)32-20-11-8-18(9-12-20)25(26,27)28/h5-7,10,13-14,18,20,31H,8-9,11-12,15H2,1-4H3,(H,29,30)/t18?,20?,24-/m0/s1. The van der Waals surface area contributed by atoms with Gasteiger partial charge in [0.1, 0.15) is 17.0 Å². The molecule has 0 spiro atoms. The van der Waals surface area contributed by atoms with E-state index in [9.17, 15) is 23.1 Å². The fourth-order valence-electron chi connectivity index (χ4n) is 3.99. The molecule has 1 saturated carbocycles. The Morgan fingerprint density at radius 1 is 1.00 bits per heavy atom. The second-order valence-corrected chi connectivity index (χ2v) is 9.99. The molecule has 0 aromatic heterocycles. The topological polar surface area (TPSA) is 67.8 Å². The number of amides is 1. The third-order valence-corrected chi connectivity index (χ3v) is 5.85. The van der Waals surface area contributed by atoms with Crippen molar-refractivity contribution in [1.82, 2.24) is 5.32 Å². The quantitative estimate of drug-likeness (QED) is 0.560. The van der Waals surface area contributed by atoms with Crippen LogP contribution < -0.4 is 10.1 Å². The van der Waals surface area contributed by atoms with Gasteiger partial charge in [-0.05, 0) is 87.9 Å². The van der Waals surface area contributed by atoms with Crippen molar-refractivity contribution in [3.63, 3.8) is 0 Å². The SMILES string of the molecule is CC(C)(C)OC(=O)NC[C@](C)(O)c1ccc2cc(OC3CCC(C(F)(F)F)CC3)ccc2c1. The Kier molecular flexibility index (Phi) is 7.17. The molecule has 1 aliphatic carbocycles. The molecular formula is C25H32F3NO4. The molecule has 0 aliphatic heterocycles. The maximum Gasteiger partial charge on any atom is 0.407 e. The Labute approximate surface area is 192 Å². The lowest BCUT2D eigenvalue weighted by molar-refractivity contribution is -0.185. The van der Waals surface area contributed by atoms with Crippen molar-refractivity contribution in [1.29, 1.82) is 0 Å². The van der Waals surface area contributed by atoms with E-state index in [2.05, 4.69) is 5.32 Å². The first-order chi connectivity index (χ1) is 15.2. The molecule has 1 amide bonds. The van der Waals surface area contributed by atoms with E-state index < -0.39 is 29.4 Å². The van der Waals surface area contributed by atoms with Crippen LogP contribution in [0.3, 0.4) is 0 Å². The summed E-state index contributed by atoms with van der Waals surface area (Å²) in [7, 11) is 0. The van der Waals surface area contributed by atoms with Gasteiger partial charge in [-0.25, -0.2) is 4.79 Å². The highest BCUT2D eigenvalue weighted by Gasteiger charge is 2.41. The van der Waals surface area contributed by atoms with Crippen LogP contribution in [0.5, 0.6) is 5.75 Å². The van der Waals surface area contributed by atoms with Gasteiger partial charge in [0.25, 0.3) is 0 Å². The predicted octanol–water partition coefficient (Wildman–Crippen LogP) is 6.07. The van der Waals surface area contributed by atoms with Crippen molar-refractivity contribution in [2.45, 2.75) is 76.9 Å². The number of hydrogen-bond donors (Lipinski definition) is 2. The van der Waals surface area contributed by atoms with E-state index in [0.717, 1.165) is 10.8 Å². The van der Waals surface area contributed by atoms with Gasteiger partial charge in [0.05, 0.1) is 18.6 Å². The summed E-state index contributed by atoms with van der Waals surface area (Å²) in [4.78, 5) is 11.9. The predicted molar refractivity (Wildman–Crippen MR) is 120 cm³/mol. The monoisotopic (exact) mass is 467 g/mol. The van der Waals surface area contributed by atoms with Crippen molar-refractivity contribution >= 4 is 16.9 Å². The van der Waals surface area contributed by atoms with E-state index in [1.807, 2.05) is 24.3 Å². The van der Waals surface area contributed by atoms with Crippen LogP contribution in [0.2, 0.25) is 0 Å². The molecule has 0 heterocycles. The maximum absolute atomic E-state index is 12.9. The third kappa shape index (κ3) is 7.00. The van der Waals surface area contributed by atoms with Gasteiger partial charge >= 0.3 is 12.3 Å². The molecule has 0 bridgehead atoms. The third-order valence-electron chi connectivity index (χ3n) is 5.85. The number of ether oxygens (including phenoxy) is 2. The smallest absolute Gasteiger partial charge is 0.407 e. The lowest BCUT2D eigenvalue weighted by Gasteiger charge is -2.30. The second kappa shape index (κ2) is 9.41. The molecule has 33 heavy (non-hydrogen) atoms. The molecule has 2 aromatic rings. The Morgan fingerprint density at radius 2 is 1.61 bits per heavy atom. The van der Waals surface area contributed by atoms with Gasteiger partial charge in [0.2, 0.25) is 0 Å². The molecule has 0 unspecified atom stereocenters. The van der Waals surface area contributed by atoms with Gasteiger partial charge in [0, 0.05) is 0 Å². The lowest BCUT2D eigenvalue weighted by Crippen LogP contribution is -2.41. The molecule has 3 rings (SSSR count). The van der Waals surface area contributed by atoms with E-state index >= 15 is 0 Å². The molecule has 0 radical (unpaired) electrons. The van der Waals surface area contributed by atoms with Gasteiger partial charge in [-0.3, -0.25) is 0 Å². The molecule has 8 heteroatoms. The van der Waals surface area contributed by atoms with E-state index in [0.29, 0.717) is 24.2 Å². The second-order valence-electron chi connectivity index (χ2n) is 9.99. The summed E-state index contributed by atoms with van der Waals surface area (Å²) in [6.45, 7) is 6.88. The zero-order valence-electron chi connectivity index (χ0n) is 19.5. The first kappa shape index (κ1) is 25.1. The number of benzene rings is 2. The number of carbonyl (C=O) groups excluding carboxylic acids is 1. The number of halogens is 3. The van der Waals surface area contributed by atoms with Crippen LogP contribution in [-0.2, 0) is 10.3 Å². The molecule has 5 nitrogen and oxygen atoms in total. The minimum atomic E-state index is -4.13. The van der Waals surface area contributed by atoms with E-state index in [1.54, 1.807) is 39.8 Å². The van der Waals surface area contributed by atoms with Gasteiger partial charge < -0.3 is 19.9 Å². The fourth-order valence-corrected chi connectivity index (χ4v) is 3.99. The largest absolute Gasteiger partial charge is 0.490 e. The first-order valence-corrected chi connectivity index (χ1v) is 11.2. The zero-order valence-corrected chi connectivity index (χ0v) is 19.5. The molecule has 1 fully saturated rings. The summed E-state index contributed by atoms with van der Waals surface area (Å²) < 4.78 is 49.7. The van der Waals surface area contributed by atoms with Crippen LogP contribution in [0.1, 0.15) is 58.9 Å². The summed E-state index contributed by atoms with van der Waals surface area (Å²) in [6.07, 6.45) is -4.00. The van der Waals surface area contributed by atoms with Crippen molar-refractivity contribution in [3.05, 3.63) is 42.0 Å². The fraction of sp³-hybridized carbons (Fsp3) is 0.560. The normalized spacial score (nSPS) is 21.3. The van der Waals surface area contributed by atoms with Crippen molar-refractivity contribution in [2.24, 2.45) is 5.92 Å². The number of rotatable bonds is 5.